The van der Waals surface area contributed by atoms with E-state index in [2.05, 4.69) is 17.2 Å². The molecule has 0 saturated carbocycles. The van der Waals surface area contributed by atoms with Gasteiger partial charge in [-0.05, 0) is 48.2 Å². The number of hydrogen-bond donors (Lipinski definition) is 2. The molecule has 182 valence electrons. The zero-order chi connectivity index (χ0) is 25.0. The molecule has 8 nitrogen and oxygen atoms in total. The van der Waals surface area contributed by atoms with E-state index in [0.29, 0.717) is 30.6 Å². The molecule has 1 atom stereocenters. The normalized spacial score (nSPS) is 15.2. The molecule has 3 aromatic rings. The van der Waals surface area contributed by atoms with Crippen LogP contribution in [0.5, 0.6) is 0 Å². The van der Waals surface area contributed by atoms with Gasteiger partial charge in [0.15, 0.2) is 5.03 Å². The molecule has 0 bridgehead atoms. The summed E-state index contributed by atoms with van der Waals surface area (Å²) in [5, 5.41) is 5.75. The number of benzene rings is 2. The van der Waals surface area contributed by atoms with Crippen molar-refractivity contribution in [3.8, 4) is 0 Å². The summed E-state index contributed by atoms with van der Waals surface area (Å²) in [4.78, 5) is 24.6. The number of nitrogens with one attached hydrogen (secondary N) is 2. The van der Waals surface area contributed by atoms with Gasteiger partial charge >= 0.3 is 0 Å². The van der Waals surface area contributed by atoms with E-state index >= 15 is 0 Å². The van der Waals surface area contributed by atoms with Gasteiger partial charge in [0.25, 0.3) is 15.9 Å². The van der Waals surface area contributed by atoms with Crippen LogP contribution < -0.4 is 14.9 Å². The first-order valence-electron chi connectivity index (χ1n) is 11.4. The third-order valence-corrected chi connectivity index (χ3v) is 8.01. The Labute approximate surface area is 205 Å². The molecule has 0 aliphatic carbocycles. The van der Waals surface area contributed by atoms with Crippen LogP contribution in [-0.2, 0) is 28.3 Å². The lowest BCUT2D eigenvalue weighted by molar-refractivity contribution is -0.117. The van der Waals surface area contributed by atoms with Crippen molar-refractivity contribution in [3.63, 3.8) is 0 Å². The van der Waals surface area contributed by atoms with Crippen LogP contribution in [0, 0.1) is 0 Å². The summed E-state index contributed by atoms with van der Waals surface area (Å²) in [5.41, 5.74) is 2.58. The van der Waals surface area contributed by atoms with Crippen LogP contribution in [0.2, 0.25) is 0 Å². The Morgan fingerprint density at radius 3 is 2.51 bits per heavy atom. The number of sulfonamides is 1. The van der Waals surface area contributed by atoms with Gasteiger partial charge in [0.2, 0.25) is 5.91 Å². The van der Waals surface area contributed by atoms with Gasteiger partial charge in [0.05, 0.1) is 11.7 Å². The van der Waals surface area contributed by atoms with Gasteiger partial charge in [0.1, 0.15) is 5.69 Å². The lowest BCUT2D eigenvalue weighted by Crippen LogP contribution is -2.41. The van der Waals surface area contributed by atoms with Crippen LogP contribution in [0.1, 0.15) is 34.1 Å². The van der Waals surface area contributed by atoms with Crippen molar-refractivity contribution >= 4 is 27.5 Å². The Morgan fingerprint density at radius 2 is 1.77 bits per heavy atom. The van der Waals surface area contributed by atoms with Crippen molar-refractivity contribution in [2.75, 3.05) is 17.4 Å². The largest absolute Gasteiger partial charge is 0.350 e. The van der Waals surface area contributed by atoms with Gasteiger partial charge in [0, 0.05) is 20.1 Å². The molecule has 2 aromatic carbocycles. The number of rotatable bonds is 8. The molecule has 35 heavy (non-hydrogen) atoms. The fraction of sp³-hybridized carbons (Fsp3) is 0.231. The maximum Gasteiger partial charge on any atom is 0.280 e. The number of fused-ring (bicyclic) bond motifs is 1. The number of nitrogens with zero attached hydrogens (tertiary/aromatic N) is 2. The monoisotopic (exact) mass is 492 g/mol. The molecular weight excluding hydrogens is 464 g/mol. The van der Waals surface area contributed by atoms with E-state index in [9.17, 15) is 18.0 Å². The summed E-state index contributed by atoms with van der Waals surface area (Å²) < 4.78 is 30.1. The molecular formula is C26H28N4O4S. The number of carbonyl (C=O) groups is 2. The summed E-state index contributed by atoms with van der Waals surface area (Å²) in [7, 11) is -2.38. The van der Waals surface area contributed by atoms with Crippen molar-refractivity contribution in [2.45, 2.75) is 23.9 Å². The van der Waals surface area contributed by atoms with Gasteiger partial charge < -0.3 is 15.2 Å². The molecule has 4 rings (SSSR count). The molecule has 1 unspecified atom stereocenters. The van der Waals surface area contributed by atoms with Crippen molar-refractivity contribution in [2.24, 2.45) is 7.05 Å². The van der Waals surface area contributed by atoms with E-state index in [1.165, 1.54) is 27.1 Å². The highest BCUT2D eigenvalue weighted by Gasteiger charge is 2.35. The number of para-hydroxylation sites is 1. The molecule has 2 heterocycles. The topological polar surface area (TPSA) is 101 Å². The maximum absolute atomic E-state index is 13.7. The molecule has 1 aliphatic rings. The number of carbonyl (C=O) groups excluding carboxylic acids is 2. The van der Waals surface area contributed by atoms with E-state index in [-0.39, 0.29) is 35.1 Å². The Balaban J connectivity index is 1.54. The lowest BCUT2D eigenvalue weighted by atomic mass is 9.98. The predicted octanol–water partition coefficient (Wildman–Crippen LogP) is 2.94. The first-order valence-corrected chi connectivity index (χ1v) is 12.8. The number of amides is 2. The Morgan fingerprint density at radius 1 is 1.06 bits per heavy atom. The summed E-state index contributed by atoms with van der Waals surface area (Å²) in [6.07, 6.45) is 2.28. The highest BCUT2D eigenvalue weighted by Crippen LogP contribution is 2.37. The smallest absolute Gasteiger partial charge is 0.280 e. The third kappa shape index (κ3) is 5.00. The van der Waals surface area contributed by atoms with Gasteiger partial charge in [-0.3, -0.25) is 13.9 Å². The first-order chi connectivity index (χ1) is 16.8. The second-order valence-corrected chi connectivity index (χ2v) is 10.1. The number of aromatic nitrogens is 1. The summed E-state index contributed by atoms with van der Waals surface area (Å²) in [6.45, 7) is 4.11. The zero-order valence-electron chi connectivity index (χ0n) is 19.5. The van der Waals surface area contributed by atoms with Crippen molar-refractivity contribution in [3.05, 3.63) is 96.2 Å². The predicted molar refractivity (Wildman–Crippen MR) is 135 cm³/mol. The van der Waals surface area contributed by atoms with Crippen LogP contribution in [0.4, 0.5) is 5.69 Å². The average molecular weight is 493 g/mol. The van der Waals surface area contributed by atoms with Crippen molar-refractivity contribution in [1.82, 2.24) is 15.2 Å². The van der Waals surface area contributed by atoms with Crippen molar-refractivity contribution in [1.29, 1.82) is 0 Å². The maximum atomic E-state index is 13.7. The molecule has 0 radical (unpaired) electrons. The molecule has 2 amide bonds. The second-order valence-electron chi connectivity index (χ2n) is 8.30. The Hall–Kier alpha value is -3.85. The van der Waals surface area contributed by atoms with Crippen LogP contribution in [0.15, 0.2) is 84.4 Å². The standard InChI is InChI=1S/C26H28N4O4S/c1-3-24(31)28-21-16-18-30(22-12-8-7-11-20(21)22)35(33,34)25-14-13-23(29(25)2)26(32)27-17-15-19-9-5-4-6-10-19/h3-14,21H,1,15-18H2,2H3,(H,27,32)(H,28,31). The van der Waals surface area contributed by atoms with E-state index < -0.39 is 10.0 Å². The van der Waals surface area contributed by atoms with Gasteiger partial charge in [-0.25, -0.2) is 0 Å². The third-order valence-electron chi connectivity index (χ3n) is 6.11. The van der Waals surface area contributed by atoms with E-state index in [1.807, 2.05) is 42.5 Å². The van der Waals surface area contributed by atoms with Gasteiger partial charge in [-0.1, -0.05) is 55.1 Å². The fourth-order valence-electron chi connectivity index (χ4n) is 4.31. The van der Waals surface area contributed by atoms with Gasteiger partial charge in [-0.15, -0.1) is 0 Å². The Bertz CT molecular complexity index is 1350. The number of anilines is 1. The summed E-state index contributed by atoms with van der Waals surface area (Å²) >= 11 is 0. The van der Waals surface area contributed by atoms with Crippen LogP contribution in [0.25, 0.3) is 0 Å². The highest BCUT2D eigenvalue weighted by atomic mass is 32.2. The molecule has 2 N–H and O–H groups in total. The van der Waals surface area contributed by atoms with Crippen LogP contribution in [0.3, 0.4) is 0 Å². The quantitative estimate of drug-likeness (QED) is 0.472. The van der Waals surface area contributed by atoms with E-state index in [0.717, 1.165) is 5.56 Å². The van der Waals surface area contributed by atoms with Gasteiger partial charge in [-0.2, -0.15) is 8.42 Å². The fourth-order valence-corrected chi connectivity index (χ4v) is 5.99. The lowest BCUT2D eigenvalue weighted by Gasteiger charge is -2.35. The van der Waals surface area contributed by atoms with Crippen LogP contribution >= 0.6 is 0 Å². The zero-order valence-corrected chi connectivity index (χ0v) is 20.3. The molecule has 0 spiro atoms. The summed E-state index contributed by atoms with van der Waals surface area (Å²) in [6, 6.07) is 19.6. The summed E-state index contributed by atoms with van der Waals surface area (Å²) in [5.74, 6) is -0.650. The highest BCUT2D eigenvalue weighted by molar-refractivity contribution is 7.92. The molecule has 1 aromatic heterocycles. The average Bonchev–Trinajstić information content (AvgIpc) is 3.26. The SMILES string of the molecule is C=CC(=O)NC1CCN(S(=O)(=O)c2ccc(C(=O)NCCc3ccccc3)n2C)c2ccccc21. The minimum atomic E-state index is -3.96. The van der Waals surface area contributed by atoms with Crippen molar-refractivity contribution < 1.29 is 18.0 Å². The molecule has 0 fully saturated rings. The van der Waals surface area contributed by atoms with Crippen LogP contribution in [-0.4, -0.2) is 37.9 Å². The number of hydrogen-bond acceptors (Lipinski definition) is 4. The molecule has 1 aliphatic heterocycles. The first kappa shape index (κ1) is 24.3. The second kappa shape index (κ2) is 10.2. The molecule has 9 heteroatoms. The minimum absolute atomic E-state index is 0.0223. The Kier molecular flexibility index (Phi) is 7.07. The van der Waals surface area contributed by atoms with E-state index in [1.54, 1.807) is 19.2 Å². The minimum Gasteiger partial charge on any atom is -0.350 e. The molecule has 0 saturated heterocycles. The van der Waals surface area contributed by atoms with E-state index in [4.69, 9.17) is 0 Å².